The van der Waals surface area contributed by atoms with Crippen molar-refractivity contribution in [3.63, 3.8) is 0 Å². The molecule has 3 unspecified atom stereocenters. The van der Waals surface area contributed by atoms with E-state index in [1.165, 1.54) is 18.6 Å². The van der Waals surface area contributed by atoms with Gasteiger partial charge in [0.05, 0.1) is 24.5 Å². The van der Waals surface area contributed by atoms with E-state index in [9.17, 15) is 13.5 Å². The first-order chi connectivity index (χ1) is 15.2. The number of nitrogens with one attached hydrogen (secondary N) is 3. The molecule has 6 N–H and O–H groups in total. The summed E-state index contributed by atoms with van der Waals surface area (Å²) >= 11 is 6.30. The molecule has 1 aliphatic carbocycles. The molecule has 1 saturated carbocycles. The number of aromatic nitrogens is 2. The summed E-state index contributed by atoms with van der Waals surface area (Å²) in [5.74, 6) is 1.41. The molecule has 0 bridgehead atoms. The summed E-state index contributed by atoms with van der Waals surface area (Å²) in [5.41, 5.74) is 6.11. The third-order valence-corrected chi connectivity index (χ3v) is 7.41. The van der Waals surface area contributed by atoms with Gasteiger partial charge in [0.15, 0.2) is 5.82 Å². The van der Waals surface area contributed by atoms with Gasteiger partial charge in [0, 0.05) is 38.1 Å². The highest BCUT2D eigenvalue weighted by Gasteiger charge is 2.44. The summed E-state index contributed by atoms with van der Waals surface area (Å²) in [6, 6.07) is 0.145. The van der Waals surface area contributed by atoms with Crippen LogP contribution in [0.3, 0.4) is 0 Å². The molecular weight excluding hydrogens is 456 g/mol. The number of nitrogens with two attached hydrogens (primary N) is 1. The van der Waals surface area contributed by atoms with Gasteiger partial charge in [-0.3, -0.25) is 4.99 Å². The molecule has 11 nitrogen and oxygen atoms in total. The molecule has 1 aromatic heterocycles. The van der Waals surface area contributed by atoms with Crippen LogP contribution in [0.15, 0.2) is 23.1 Å². The first-order valence-corrected chi connectivity index (χ1v) is 12.4. The molecule has 2 heterocycles. The van der Waals surface area contributed by atoms with E-state index < -0.39 is 16.3 Å². The van der Waals surface area contributed by atoms with E-state index in [0.29, 0.717) is 54.0 Å². The van der Waals surface area contributed by atoms with E-state index in [0.717, 1.165) is 12.8 Å². The number of hydrogen-bond donors (Lipinski definition) is 5. The molecule has 1 saturated heterocycles. The van der Waals surface area contributed by atoms with Crippen LogP contribution in [-0.4, -0.2) is 72.3 Å². The number of rotatable bonds is 10. The van der Waals surface area contributed by atoms with Gasteiger partial charge < -0.3 is 21.5 Å². The average molecular weight is 487 g/mol. The number of fused-ring (bicyclic) bond motifs is 1. The van der Waals surface area contributed by atoms with E-state index in [1.807, 2.05) is 0 Å². The van der Waals surface area contributed by atoms with Gasteiger partial charge in [-0.15, -0.1) is 0 Å². The first kappa shape index (κ1) is 24.6. The number of nitrogens with zero attached hydrogens (tertiary/aromatic N) is 4. The second-order valence-corrected chi connectivity index (χ2v) is 10.3. The molecule has 3 atom stereocenters. The highest BCUT2D eigenvalue weighted by molar-refractivity contribution is 7.87. The first-order valence-electron chi connectivity index (χ1n) is 10.6. The molecule has 178 valence electrons. The SMILES string of the molecule is CCNS(=O)(=O)N1CC2CC(Nc3nc(NC(C=NCC(C)O)=CN)ncc3Cl)CC2C1. The lowest BCUT2D eigenvalue weighted by atomic mass is 10.0. The van der Waals surface area contributed by atoms with Crippen molar-refractivity contribution in [3.05, 3.63) is 23.1 Å². The fraction of sp³-hybridized carbons (Fsp3) is 0.632. The van der Waals surface area contributed by atoms with Crippen LogP contribution >= 0.6 is 11.6 Å². The second-order valence-electron chi connectivity index (χ2n) is 8.13. The zero-order valence-corrected chi connectivity index (χ0v) is 19.8. The van der Waals surface area contributed by atoms with E-state index in [2.05, 4.69) is 30.3 Å². The van der Waals surface area contributed by atoms with Crippen LogP contribution < -0.4 is 21.1 Å². The zero-order valence-electron chi connectivity index (χ0n) is 18.2. The summed E-state index contributed by atoms with van der Waals surface area (Å²) in [6.07, 6.45) is 5.47. The van der Waals surface area contributed by atoms with Crippen LogP contribution in [0.4, 0.5) is 11.8 Å². The number of aliphatic imine (C=N–C) groups is 1. The Labute approximate surface area is 193 Å². The van der Waals surface area contributed by atoms with Gasteiger partial charge >= 0.3 is 0 Å². The molecule has 3 rings (SSSR count). The minimum atomic E-state index is -3.39. The third-order valence-electron chi connectivity index (χ3n) is 5.50. The molecule has 0 spiro atoms. The standard InChI is InChI=1S/C19H31ClN8O3S/c1-3-24-32(30,31)28-10-13-4-15(5-14(13)11-28)25-18-17(20)9-23-19(27-18)26-16(6-21)8-22-7-12(2)29/h6,8-9,12-15,24,29H,3-5,7,10-11,21H2,1-2H3,(H2,23,25,26,27). The van der Waals surface area contributed by atoms with Crippen molar-refractivity contribution in [2.75, 3.05) is 36.8 Å². The lowest BCUT2D eigenvalue weighted by Crippen LogP contribution is -2.40. The van der Waals surface area contributed by atoms with Crippen molar-refractivity contribution < 1.29 is 13.5 Å². The number of anilines is 2. The Kier molecular flexibility index (Phi) is 8.28. The maximum absolute atomic E-state index is 12.3. The molecule has 2 aliphatic rings. The fourth-order valence-electron chi connectivity index (χ4n) is 4.12. The minimum Gasteiger partial charge on any atom is -0.403 e. The van der Waals surface area contributed by atoms with Crippen molar-refractivity contribution in [2.45, 2.75) is 38.8 Å². The number of allylic oxidation sites excluding steroid dienone is 1. The van der Waals surface area contributed by atoms with Crippen LogP contribution in [0.1, 0.15) is 26.7 Å². The van der Waals surface area contributed by atoms with Crippen molar-refractivity contribution in [2.24, 2.45) is 22.6 Å². The van der Waals surface area contributed by atoms with Crippen molar-refractivity contribution in [1.82, 2.24) is 19.0 Å². The summed E-state index contributed by atoms with van der Waals surface area (Å²) in [6.45, 7) is 5.11. The molecule has 13 heteroatoms. The van der Waals surface area contributed by atoms with E-state index in [4.69, 9.17) is 17.3 Å². The van der Waals surface area contributed by atoms with Gasteiger partial charge in [-0.2, -0.15) is 17.7 Å². The lowest BCUT2D eigenvalue weighted by Gasteiger charge is -2.20. The van der Waals surface area contributed by atoms with E-state index in [-0.39, 0.29) is 12.6 Å². The summed E-state index contributed by atoms with van der Waals surface area (Å²) in [5, 5.41) is 16.0. The molecule has 2 fully saturated rings. The van der Waals surface area contributed by atoms with Crippen LogP contribution in [-0.2, 0) is 10.2 Å². The Morgan fingerprint density at radius 2 is 2.12 bits per heavy atom. The fourth-order valence-corrected chi connectivity index (χ4v) is 5.58. The number of halogens is 1. The van der Waals surface area contributed by atoms with Gasteiger partial charge in [0.25, 0.3) is 10.2 Å². The Morgan fingerprint density at radius 3 is 2.72 bits per heavy atom. The molecule has 1 aliphatic heterocycles. The van der Waals surface area contributed by atoms with Crippen LogP contribution in [0.2, 0.25) is 5.02 Å². The predicted octanol–water partition coefficient (Wildman–Crippen LogP) is 0.770. The zero-order chi connectivity index (χ0) is 23.3. The molecule has 0 amide bonds. The van der Waals surface area contributed by atoms with E-state index >= 15 is 0 Å². The lowest BCUT2D eigenvalue weighted by molar-refractivity contribution is 0.204. The maximum atomic E-state index is 12.3. The summed E-state index contributed by atoms with van der Waals surface area (Å²) in [7, 11) is -3.39. The average Bonchev–Trinajstić information content (AvgIpc) is 3.28. The predicted molar refractivity (Wildman–Crippen MR) is 126 cm³/mol. The quantitative estimate of drug-likeness (QED) is 0.303. The van der Waals surface area contributed by atoms with E-state index in [1.54, 1.807) is 18.2 Å². The minimum absolute atomic E-state index is 0.145. The second kappa shape index (κ2) is 10.8. The topological polar surface area (TPSA) is 158 Å². The third kappa shape index (κ3) is 6.29. The summed E-state index contributed by atoms with van der Waals surface area (Å²) in [4.78, 5) is 12.7. The van der Waals surface area contributed by atoms with Gasteiger partial charge in [0.2, 0.25) is 5.95 Å². The van der Waals surface area contributed by atoms with Gasteiger partial charge in [0.1, 0.15) is 5.02 Å². The molecular formula is C19H31ClN8O3S. The van der Waals surface area contributed by atoms with Crippen molar-refractivity contribution in [1.29, 1.82) is 0 Å². The Morgan fingerprint density at radius 1 is 1.44 bits per heavy atom. The molecule has 1 aromatic rings. The number of aliphatic hydroxyl groups is 1. The monoisotopic (exact) mass is 486 g/mol. The molecule has 0 radical (unpaired) electrons. The number of aliphatic hydroxyl groups excluding tert-OH is 1. The Hall–Kier alpha value is -1.99. The Bertz CT molecular complexity index is 942. The number of hydrogen-bond acceptors (Lipinski definition) is 9. The Balaban J connectivity index is 1.59. The van der Waals surface area contributed by atoms with Crippen LogP contribution in [0.5, 0.6) is 0 Å². The molecule has 32 heavy (non-hydrogen) atoms. The highest BCUT2D eigenvalue weighted by Crippen LogP contribution is 2.40. The molecule has 0 aromatic carbocycles. The maximum Gasteiger partial charge on any atom is 0.279 e. The van der Waals surface area contributed by atoms with Gasteiger partial charge in [-0.05, 0) is 31.6 Å². The van der Waals surface area contributed by atoms with Crippen molar-refractivity contribution in [3.8, 4) is 0 Å². The van der Waals surface area contributed by atoms with Gasteiger partial charge in [-0.1, -0.05) is 18.5 Å². The van der Waals surface area contributed by atoms with Gasteiger partial charge in [-0.25, -0.2) is 9.71 Å². The largest absolute Gasteiger partial charge is 0.403 e. The smallest absolute Gasteiger partial charge is 0.279 e. The van der Waals surface area contributed by atoms with Crippen LogP contribution in [0.25, 0.3) is 0 Å². The van der Waals surface area contributed by atoms with Crippen molar-refractivity contribution >= 4 is 39.8 Å². The van der Waals surface area contributed by atoms with Crippen LogP contribution in [0, 0.1) is 11.8 Å². The highest BCUT2D eigenvalue weighted by atomic mass is 35.5. The normalized spacial score (nSPS) is 25.2. The summed E-state index contributed by atoms with van der Waals surface area (Å²) < 4.78 is 28.6.